The highest BCUT2D eigenvalue weighted by Gasteiger charge is 2.49. The molecular formula is C34H37F3N4O4. The highest BCUT2D eigenvalue weighted by molar-refractivity contribution is 6.03. The maximum absolute atomic E-state index is 16.8. The van der Waals surface area contributed by atoms with Crippen molar-refractivity contribution < 1.29 is 32.9 Å². The van der Waals surface area contributed by atoms with Crippen LogP contribution in [-0.2, 0) is 11.2 Å². The largest absolute Gasteiger partial charge is 0.508 e. The van der Waals surface area contributed by atoms with E-state index >= 15 is 4.39 Å². The first-order chi connectivity index (χ1) is 21.6. The van der Waals surface area contributed by atoms with E-state index in [-0.39, 0.29) is 42.6 Å². The number of β-amino-alcohol motifs (C(OH)–C–C–N with tert-alkyl or cyclic N) is 1. The summed E-state index contributed by atoms with van der Waals surface area (Å²) in [5.41, 5.74) is -0.753. The van der Waals surface area contributed by atoms with Crippen LogP contribution in [0.5, 0.6) is 11.8 Å². The van der Waals surface area contributed by atoms with Gasteiger partial charge >= 0.3 is 6.01 Å². The molecule has 3 aromatic carbocycles. The molecule has 45 heavy (non-hydrogen) atoms. The zero-order valence-electron chi connectivity index (χ0n) is 25.5. The molecule has 0 aliphatic carbocycles. The van der Waals surface area contributed by atoms with Gasteiger partial charge in [-0.15, -0.1) is 0 Å². The van der Waals surface area contributed by atoms with E-state index in [4.69, 9.17) is 14.5 Å². The number of halogens is 3. The fourth-order valence-corrected chi connectivity index (χ4v) is 7.53. The van der Waals surface area contributed by atoms with Crippen molar-refractivity contribution in [2.45, 2.75) is 56.8 Å². The molecule has 8 nitrogen and oxygen atoms in total. The summed E-state index contributed by atoms with van der Waals surface area (Å²) in [5.74, 6) is -0.783. The summed E-state index contributed by atoms with van der Waals surface area (Å²) < 4.78 is 58.1. The fraction of sp³-hybridized carbons (Fsp3) is 0.471. The highest BCUT2D eigenvalue weighted by atomic mass is 19.1. The van der Waals surface area contributed by atoms with Crippen molar-refractivity contribution in [3.05, 3.63) is 53.6 Å². The molecule has 3 aliphatic rings. The monoisotopic (exact) mass is 622 g/mol. The zero-order chi connectivity index (χ0) is 31.5. The standard InChI is InChI=1S/C34H37F3N4O4/c1-3-23-27(36)8-5-20-13-22(42)14-26(28(20)23)24-6-7-25-30(29(24)37)38-32(39-31(25)40-11-12-44-18-33(2,43)17-40)45-19-34-9-4-10-41(34)16-21(35)15-34/h5-8,13-14,21,42-43H,3-4,9-12,15-19H2,1-2H3. The Kier molecular flexibility index (Phi) is 7.53. The van der Waals surface area contributed by atoms with Crippen LogP contribution < -0.4 is 9.64 Å². The van der Waals surface area contributed by atoms with Crippen molar-refractivity contribution in [3.8, 4) is 22.9 Å². The van der Waals surface area contributed by atoms with Crippen LogP contribution in [0, 0.1) is 11.6 Å². The Balaban J connectivity index is 1.39. The molecule has 238 valence electrons. The van der Waals surface area contributed by atoms with E-state index in [0.29, 0.717) is 65.6 Å². The molecule has 0 bridgehead atoms. The van der Waals surface area contributed by atoms with Crippen molar-refractivity contribution in [3.63, 3.8) is 0 Å². The van der Waals surface area contributed by atoms with Crippen LogP contribution in [0.2, 0.25) is 0 Å². The molecule has 3 aliphatic heterocycles. The summed E-state index contributed by atoms with van der Waals surface area (Å²) in [6.45, 7) is 5.86. The number of ether oxygens (including phenoxy) is 2. The predicted octanol–water partition coefficient (Wildman–Crippen LogP) is 5.54. The number of hydrogen-bond acceptors (Lipinski definition) is 8. The zero-order valence-corrected chi connectivity index (χ0v) is 25.5. The Morgan fingerprint density at radius 1 is 1.11 bits per heavy atom. The fourth-order valence-electron chi connectivity index (χ4n) is 7.53. The average molecular weight is 623 g/mol. The smallest absolute Gasteiger partial charge is 0.319 e. The minimum absolute atomic E-state index is 0.0150. The number of rotatable bonds is 6. The molecule has 3 fully saturated rings. The van der Waals surface area contributed by atoms with Gasteiger partial charge in [0.25, 0.3) is 0 Å². The van der Waals surface area contributed by atoms with E-state index in [1.165, 1.54) is 18.2 Å². The van der Waals surface area contributed by atoms with Crippen LogP contribution >= 0.6 is 0 Å². The van der Waals surface area contributed by atoms with Crippen molar-refractivity contribution >= 4 is 27.5 Å². The summed E-state index contributed by atoms with van der Waals surface area (Å²) in [6, 6.07) is 9.14. The maximum atomic E-state index is 16.8. The Labute approximate surface area is 259 Å². The van der Waals surface area contributed by atoms with Crippen LogP contribution in [0.15, 0.2) is 36.4 Å². The van der Waals surface area contributed by atoms with Crippen LogP contribution in [0.1, 0.15) is 38.7 Å². The van der Waals surface area contributed by atoms with Crippen molar-refractivity contribution in [2.24, 2.45) is 0 Å². The van der Waals surface area contributed by atoms with Gasteiger partial charge in [0.05, 0.1) is 25.3 Å². The molecule has 4 aromatic rings. The summed E-state index contributed by atoms with van der Waals surface area (Å²) in [5, 5.41) is 23.0. The van der Waals surface area contributed by atoms with Gasteiger partial charge in [-0.1, -0.05) is 19.1 Å². The molecule has 3 unspecified atom stereocenters. The number of anilines is 1. The van der Waals surface area contributed by atoms with Gasteiger partial charge in [-0.05, 0) is 78.9 Å². The molecule has 4 heterocycles. The SMILES string of the molecule is CCc1c(F)ccc2cc(O)cc(-c3ccc4c(N5CCOCC(C)(O)C5)nc(OCC56CCCN5CC(F)C6)nc4c3F)c12. The molecule has 0 saturated carbocycles. The molecule has 3 saturated heterocycles. The summed E-state index contributed by atoms with van der Waals surface area (Å²) in [4.78, 5) is 13.2. The lowest BCUT2D eigenvalue weighted by Crippen LogP contribution is -2.44. The molecule has 0 spiro atoms. The number of hydrogen-bond donors (Lipinski definition) is 2. The van der Waals surface area contributed by atoms with Gasteiger partial charge in [0, 0.05) is 30.5 Å². The van der Waals surface area contributed by atoms with E-state index in [1.807, 2.05) is 11.8 Å². The lowest BCUT2D eigenvalue weighted by Gasteiger charge is -2.31. The number of aromatic hydroxyl groups is 1. The van der Waals surface area contributed by atoms with E-state index < -0.39 is 28.9 Å². The number of fused-ring (bicyclic) bond motifs is 3. The second-order valence-corrected chi connectivity index (χ2v) is 13.0. The maximum Gasteiger partial charge on any atom is 0.319 e. The number of aryl methyl sites for hydroxylation is 1. The quantitative estimate of drug-likeness (QED) is 0.290. The Morgan fingerprint density at radius 3 is 2.78 bits per heavy atom. The van der Waals surface area contributed by atoms with E-state index in [0.717, 1.165) is 19.4 Å². The Hall–Kier alpha value is -3.67. The topological polar surface area (TPSA) is 91.2 Å². The molecule has 3 atom stereocenters. The van der Waals surface area contributed by atoms with E-state index in [1.54, 1.807) is 25.1 Å². The molecule has 1 aromatic heterocycles. The van der Waals surface area contributed by atoms with Crippen molar-refractivity contribution in [1.82, 2.24) is 14.9 Å². The minimum Gasteiger partial charge on any atom is -0.508 e. The normalized spacial score (nSPS) is 25.6. The second kappa shape index (κ2) is 11.3. The van der Waals surface area contributed by atoms with Crippen molar-refractivity contribution in [1.29, 1.82) is 0 Å². The molecule has 11 heteroatoms. The number of aromatic nitrogens is 2. The van der Waals surface area contributed by atoms with Crippen LogP contribution in [0.25, 0.3) is 32.8 Å². The average Bonchev–Trinajstić information content (AvgIpc) is 3.46. The highest BCUT2D eigenvalue weighted by Crippen LogP contribution is 2.42. The van der Waals surface area contributed by atoms with Gasteiger partial charge in [-0.3, -0.25) is 4.90 Å². The van der Waals surface area contributed by atoms with Crippen molar-refractivity contribution in [2.75, 3.05) is 50.9 Å². The molecule has 0 amide bonds. The third-order valence-corrected chi connectivity index (χ3v) is 9.54. The van der Waals surface area contributed by atoms with Gasteiger partial charge in [-0.2, -0.15) is 9.97 Å². The first kappa shape index (κ1) is 30.0. The van der Waals surface area contributed by atoms with Gasteiger partial charge < -0.3 is 24.6 Å². The number of benzene rings is 3. The first-order valence-corrected chi connectivity index (χ1v) is 15.6. The molecule has 0 radical (unpaired) electrons. The number of phenolic OH excluding ortho intramolecular Hbond substituents is 1. The lowest BCUT2D eigenvalue weighted by atomic mass is 9.92. The summed E-state index contributed by atoms with van der Waals surface area (Å²) in [7, 11) is 0. The van der Waals surface area contributed by atoms with E-state index in [2.05, 4.69) is 9.88 Å². The Bertz CT molecular complexity index is 1790. The Morgan fingerprint density at radius 2 is 1.96 bits per heavy atom. The van der Waals surface area contributed by atoms with Gasteiger partial charge in [0.2, 0.25) is 0 Å². The lowest BCUT2D eigenvalue weighted by molar-refractivity contribution is -0.0123. The van der Waals surface area contributed by atoms with Crippen LogP contribution in [0.3, 0.4) is 0 Å². The number of aliphatic hydroxyl groups is 1. The summed E-state index contributed by atoms with van der Waals surface area (Å²) in [6.07, 6.45) is 1.53. The minimum atomic E-state index is -1.18. The molecule has 2 N–H and O–H groups in total. The third kappa shape index (κ3) is 5.34. The van der Waals surface area contributed by atoms with Crippen LogP contribution in [-0.4, -0.2) is 88.4 Å². The number of phenols is 1. The van der Waals surface area contributed by atoms with E-state index in [9.17, 15) is 19.0 Å². The van der Waals surface area contributed by atoms with Crippen LogP contribution in [0.4, 0.5) is 19.0 Å². The molecular weight excluding hydrogens is 585 g/mol. The second-order valence-electron chi connectivity index (χ2n) is 13.0. The van der Waals surface area contributed by atoms with Gasteiger partial charge in [0.15, 0.2) is 5.82 Å². The summed E-state index contributed by atoms with van der Waals surface area (Å²) >= 11 is 0. The van der Waals surface area contributed by atoms with Gasteiger partial charge in [-0.25, -0.2) is 13.2 Å². The molecule has 7 rings (SSSR count). The third-order valence-electron chi connectivity index (χ3n) is 9.54. The first-order valence-electron chi connectivity index (χ1n) is 15.6. The predicted molar refractivity (Wildman–Crippen MR) is 166 cm³/mol. The van der Waals surface area contributed by atoms with Gasteiger partial charge in [0.1, 0.15) is 41.3 Å². The number of alkyl halides is 1. The number of nitrogens with zero attached hydrogens (tertiary/aromatic N) is 4.